The lowest BCUT2D eigenvalue weighted by molar-refractivity contribution is -0.117. The van der Waals surface area contributed by atoms with Crippen molar-refractivity contribution in [1.29, 1.82) is 0 Å². The number of carbonyl (C=O) groups is 2. The molecule has 0 spiro atoms. The summed E-state index contributed by atoms with van der Waals surface area (Å²) in [6, 6.07) is 11.9. The lowest BCUT2D eigenvalue weighted by Crippen LogP contribution is -2.35. The van der Waals surface area contributed by atoms with Crippen molar-refractivity contribution in [2.75, 3.05) is 24.2 Å². The molecule has 0 fully saturated rings. The number of para-hydroxylation sites is 1. The summed E-state index contributed by atoms with van der Waals surface area (Å²) in [5.74, 6) is -0.484. The molecule has 2 N–H and O–H groups in total. The number of rotatable bonds is 5. The van der Waals surface area contributed by atoms with Crippen molar-refractivity contribution in [2.45, 2.75) is 31.1 Å². The molecule has 7 nitrogen and oxygen atoms in total. The highest BCUT2D eigenvalue weighted by Crippen LogP contribution is 2.26. The first-order valence-corrected chi connectivity index (χ1v) is 10.5. The molecular formula is C20H23N3O4S. The van der Waals surface area contributed by atoms with Crippen molar-refractivity contribution >= 4 is 33.2 Å². The van der Waals surface area contributed by atoms with E-state index in [2.05, 4.69) is 10.6 Å². The van der Waals surface area contributed by atoms with Crippen molar-refractivity contribution in [3.05, 3.63) is 53.6 Å². The lowest BCUT2D eigenvalue weighted by Gasteiger charge is -2.18. The second kappa shape index (κ2) is 8.12. The smallest absolute Gasteiger partial charge is 0.243 e. The number of anilines is 2. The van der Waals surface area contributed by atoms with Gasteiger partial charge in [0.25, 0.3) is 0 Å². The Bertz CT molecular complexity index is 1020. The van der Waals surface area contributed by atoms with Crippen LogP contribution in [0.1, 0.15) is 24.0 Å². The number of nitrogens with zero attached hydrogens (tertiary/aromatic N) is 1. The third-order valence-electron chi connectivity index (χ3n) is 4.69. The van der Waals surface area contributed by atoms with Gasteiger partial charge < -0.3 is 10.6 Å². The molecule has 2 aromatic rings. The Balaban J connectivity index is 1.75. The standard InChI is InChI=1S/C20H23N3O4S/c1-14-6-3-4-8-17(14)21-20(25)13-23(2)28(26,27)16-10-11-18-15(12-16)7-5-9-19(24)22-18/h3-4,6,8,10-12H,5,7,9,13H2,1-2H3,(H,21,25)(H,22,24). The molecule has 3 rings (SSSR count). The molecule has 0 bridgehead atoms. The van der Waals surface area contributed by atoms with Crippen molar-refractivity contribution in [3.8, 4) is 0 Å². The van der Waals surface area contributed by atoms with Gasteiger partial charge in [-0.05, 0) is 55.2 Å². The summed E-state index contributed by atoms with van der Waals surface area (Å²) >= 11 is 0. The maximum atomic E-state index is 12.9. The Labute approximate surface area is 164 Å². The summed E-state index contributed by atoms with van der Waals surface area (Å²) in [6.45, 7) is 1.56. The third kappa shape index (κ3) is 4.40. The lowest BCUT2D eigenvalue weighted by atomic mass is 10.1. The Kier molecular flexibility index (Phi) is 5.81. The topological polar surface area (TPSA) is 95.6 Å². The summed E-state index contributed by atoms with van der Waals surface area (Å²) in [5.41, 5.74) is 2.97. The van der Waals surface area contributed by atoms with Gasteiger partial charge >= 0.3 is 0 Å². The van der Waals surface area contributed by atoms with Gasteiger partial charge in [-0.2, -0.15) is 4.31 Å². The number of hydrogen-bond acceptors (Lipinski definition) is 4. The van der Waals surface area contributed by atoms with Crippen molar-refractivity contribution in [1.82, 2.24) is 4.31 Å². The van der Waals surface area contributed by atoms with Crippen LogP contribution in [0.25, 0.3) is 0 Å². The first kappa shape index (κ1) is 20.0. The van der Waals surface area contributed by atoms with Crippen molar-refractivity contribution in [2.24, 2.45) is 0 Å². The molecule has 0 radical (unpaired) electrons. The maximum absolute atomic E-state index is 12.9. The third-order valence-corrected chi connectivity index (χ3v) is 6.49. The molecule has 148 valence electrons. The molecule has 2 aromatic carbocycles. The van der Waals surface area contributed by atoms with Crippen LogP contribution in [0.2, 0.25) is 0 Å². The summed E-state index contributed by atoms with van der Waals surface area (Å²) < 4.78 is 26.8. The zero-order valence-electron chi connectivity index (χ0n) is 15.9. The van der Waals surface area contributed by atoms with Crippen molar-refractivity contribution in [3.63, 3.8) is 0 Å². The fourth-order valence-electron chi connectivity index (χ4n) is 3.08. The van der Waals surface area contributed by atoms with E-state index in [4.69, 9.17) is 0 Å². The predicted molar refractivity (Wildman–Crippen MR) is 108 cm³/mol. The Morgan fingerprint density at radius 3 is 2.68 bits per heavy atom. The van der Waals surface area contributed by atoms with E-state index in [0.717, 1.165) is 15.4 Å². The number of benzene rings is 2. The number of carbonyl (C=O) groups excluding carboxylic acids is 2. The second-order valence-electron chi connectivity index (χ2n) is 6.84. The van der Waals surface area contributed by atoms with Gasteiger partial charge in [-0.1, -0.05) is 18.2 Å². The maximum Gasteiger partial charge on any atom is 0.243 e. The SMILES string of the molecule is Cc1ccccc1NC(=O)CN(C)S(=O)(=O)c1ccc2c(c1)CCCC(=O)N2. The summed E-state index contributed by atoms with van der Waals surface area (Å²) in [7, 11) is -2.46. The Morgan fingerprint density at radius 1 is 1.18 bits per heavy atom. The molecular weight excluding hydrogens is 378 g/mol. The predicted octanol–water partition coefficient (Wildman–Crippen LogP) is 2.53. The van der Waals surface area contributed by atoms with Gasteiger partial charge in [-0.3, -0.25) is 9.59 Å². The molecule has 0 saturated heterocycles. The number of likely N-dealkylation sites (N-methyl/N-ethyl adjacent to an activating group) is 1. The largest absolute Gasteiger partial charge is 0.326 e. The van der Waals surface area contributed by atoms with E-state index < -0.39 is 15.9 Å². The molecule has 1 heterocycles. The highest BCUT2D eigenvalue weighted by Gasteiger charge is 2.25. The molecule has 0 saturated carbocycles. The molecule has 0 aliphatic carbocycles. The van der Waals surface area contributed by atoms with Gasteiger partial charge in [0, 0.05) is 24.8 Å². The fraction of sp³-hybridized carbons (Fsp3) is 0.300. The van der Waals surface area contributed by atoms with Crippen LogP contribution in [0.15, 0.2) is 47.4 Å². The number of aryl methyl sites for hydroxylation is 2. The highest BCUT2D eigenvalue weighted by atomic mass is 32.2. The molecule has 0 atom stereocenters. The van der Waals surface area contributed by atoms with E-state index in [-0.39, 0.29) is 17.3 Å². The van der Waals surface area contributed by atoms with Crippen LogP contribution in [0, 0.1) is 6.92 Å². The number of sulfonamides is 1. The molecule has 1 aliphatic heterocycles. The molecule has 28 heavy (non-hydrogen) atoms. The van der Waals surface area contributed by atoms with Gasteiger partial charge in [0.05, 0.1) is 11.4 Å². The van der Waals surface area contributed by atoms with Gasteiger partial charge in [0.1, 0.15) is 0 Å². The van der Waals surface area contributed by atoms with Crippen LogP contribution in [0.4, 0.5) is 11.4 Å². The van der Waals surface area contributed by atoms with Gasteiger partial charge in [0.2, 0.25) is 21.8 Å². The van der Waals surface area contributed by atoms with Gasteiger partial charge in [-0.25, -0.2) is 8.42 Å². The van der Waals surface area contributed by atoms with E-state index in [1.807, 2.05) is 19.1 Å². The zero-order chi connectivity index (χ0) is 20.3. The number of amides is 2. The second-order valence-corrected chi connectivity index (χ2v) is 8.89. The van der Waals surface area contributed by atoms with E-state index in [1.54, 1.807) is 24.3 Å². The summed E-state index contributed by atoms with van der Waals surface area (Å²) in [5, 5.41) is 5.52. The van der Waals surface area contributed by atoms with E-state index in [0.29, 0.717) is 30.6 Å². The van der Waals surface area contributed by atoms with E-state index in [9.17, 15) is 18.0 Å². The number of hydrogen-bond donors (Lipinski definition) is 2. The normalized spacial score (nSPS) is 14.2. The number of fused-ring (bicyclic) bond motifs is 1. The summed E-state index contributed by atoms with van der Waals surface area (Å²) in [6.07, 6.45) is 1.70. The number of nitrogens with one attached hydrogen (secondary N) is 2. The van der Waals surface area contributed by atoms with Crippen LogP contribution < -0.4 is 10.6 Å². The molecule has 1 aliphatic rings. The van der Waals surface area contributed by atoms with Gasteiger partial charge in [-0.15, -0.1) is 0 Å². The minimum atomic E-state index is -3.84. The van der Waals surface area contributed by atoms with Gasteiger partial charge in [0.15, 0.2) is 0 Å². The van der Waals surface area contributed by atoms with Crippen LogP contribution in [0.3, 0.4) is 0 Å². The van der Waals surface area contributed by atoms with E-state index in [1.165, 1.54) is 13.1 Å². The minimum Gasteiger partial charge on any atom is -0.326 e. The Morgan fingerprint density at radius 2 is 1.93 bits per heavy atom. The Hall–Kier alpha value is -2.71. The quantitative estimate of drug-likeness (QED) is 0.805. The van der Waals surface area contributed by atoms with Crippen LogP contribution in [0.5, 0.6) is 0 Å². The molecule has 2 amide bonds. The summed E-state index contributed by atoms with van der Waals surface area (Å²) in [4.78, 5) is 24.1. The van der Waals surface area contributed by atoms with E-state index >= 15 is 0 Å². The zero-order valence-corrected chi connectivity index (χ0v) is 16.7. The average Bonchev–Trinajstić information content (AvgIpc) is 2.83. The van der Waals surface area contributed by atoms with Crippen LogP contribution in [-0.2, 0) is 26.0 Å². The molecule has 8 heteroatoms. The first-order chi connectivity index (χ1) is 13.3. The minimum absolute atomic E-state index is 0.0700. The molecule has 0 unspecified atom stereocenters. The first-order valence-electron chi connectivity index (χ1n) is 9.02. The van der Waals surface area contributed by atoms with Crippen LogP contribution >= 0.6 is 0 Å². The van der Waals surface area contributed by atoms with Crippen molar-refractivity contribution < 1.29 is 18.0 Å². The highest BCUT2D eigenvalue weighted by molar-refractivity contribution is 7.89. The molecule has 0 aromatic heterocycles. The average molecular weight is 401 g/mol. The monoisotopic (exact) mass is 401 g/mol. The fourth-order valence-corrected chi connectivity index (χ4v) is 4.26. The van der Waals surface area contributed by atoms with Crippen LogP contribution in [-0.4, -0.2) is 38.1 Å².